The van der Waals surface area contributed by atoms with Gasteiger partial charge >= 0.3 is 0 Å². The van der Waals surface area contributed by atoms with Crippen LogP contribution in [0.2, 0.25) is 0 Å². The topological polar surface area (TPSA) is 68.4 Å². The summed E-state index contributed by atoms with van der Waals surface area (Å²) in [5, 5.41) is 13.2. The number of hydrogen-bond donors (Lipinski definition) is 1. The van der Waals surface area contributed by atoms with Gasteiger partial charge in [-0.2, -0.15) is 4.98 Å². The molecule has 0 aliphatic heterocycles. The maximum absolute atomic E-state index is 9.25. The molecule has 1 aliphatic carbocycles. The Kier molecular flexibility index (Phi) is 4.12. The van der Waals surface area contributed by atoms with Gasteiger partial charge in [-0.3, -0.25) is 0 Å². The predicted molar refractivity (Wildman–Crippen MR) is 61.6 cm³/mol. The molecule has 0 bridgehead atoms. The minimum absolute atomic E-state index is 0.0625. The highest BCUT2D eigenvalue weighted by Gasteiger charge is 2.33. The fraction of sp³-hybridized carbons (Fsp3) is 0.833. The van der Waals surface area contributed by atoms with Crippen molar-refractivity contribution in [1.29, 1.82) is 0 Å². The monoisotopic (exact) mass is 240 g/mol. The molecule has 1 fully saturated rings. The van der Waals surface area contributed by atoms with E-state index in [1.54, 1.807) is 0 Å². The minimum atomic E-state index is -0.200. The molecule has 1 aliphatic rings. The second-order valence-corrected chi connectivity index (χ2v) is 4.55. The van der Waals surface area contributed by atoms with Crippen molar-refractivity contribution in [2.75, 3.05) is 6.61 Å². The van der Waals surface area contributed by atoms with Crippen molar-refractivity contribution < 1.29 is 14.4 Å². The quantitative estimate of drug-likeness (QED) is 0.825. The van der Waals surface area contributed by atoms with E-state index in [-0.39, 0.29) is 18.1 Å². The Balaban J connectivity index is 2.00. The molecule has 96 valence electrons. The van der Waals surface area contributed by atoms with Gasteiger partial charge in [-0.05, 0) is 26.2 Å². The van der Waals surface area contributed by atoms with Crippen LogP contribution in [-0.2, 0) is 4.74 Å². The molecule has 0 aromatic carbocycles. The molecule has 1 unspecified atom stereocenters. The van der Waals surface area contributed by atoms with Crippen molar-refractivity contribution in [3.05, 3.63) is 11.7 Å². The zero-order chi connectivity index (χ0) is 12.3. The molecule has 0 spiro atoms. The first-order chi connectivity index (χ1) is 8.24. The van der Waals surface area contributed by atoms with Crippen LogP contribution in [0.15, 0.2) is 4.52 Å². The molecule has 0 radical (unpaired) electrons. The van der Waals surface area contributed by atoms with Gasteiger partial charge in [-0.1, -0.05) is 18.5 Å². The number of ether oxygens (including phenoxy) is 1. The van der Waals surface area contributed by atoms with Gasteiger partial charge < -0.3 is 14.4 Å². The highest BCUT2D eigenvalue weighted by atomic mass is 16.5. The SMILES string of the molecule is CCCC(OCC)c1noc(C2CC(O)C2)n1. The van der Waals surface area contributed by atoms with Crippen molar-refractivity contribution in [1.82, 2.24) is 10.1 Å². The standard InChI is InChI=1S/C12H20N2O3/c1-3-5-10(16-4-2)11-13-12(17-14-11)8-6-9(15)7-8/h8-10,15H,3-7H2,1-2H3. The molecule has 1 atom stereocenters. The van der Waals surface area contributed by atoms with Crippen LogP contribution in [0.5, 0.6) is 0 Å². The summed E-state index contributed by atoms with van der Waals surface area (Å²) in [6.45, 7) is 4.72. The van der Waals surface area contributed by atoms with Gasteiger partial charge in [-0.25, -0.2) is 0 Å². The van der Waals surface area contributed by atoms with Crippen molar-refractivity contribution in [2.45, 2.75) is 57.7 Å². The molecular formula is C12H20N2O3. The normalized spacial score (nSPS) is 25.6. The zero-order valence-corrected chi connectivity index (χ0v) is 10.4. The second kappa shape index (κ2) is 5.60. The lowest BCUT2D eigenvalue weighted by Crippen LogP contribution is -2.26. The lowest BCUT2D eigenvalue weighted by Gasteiger charge is -2.27. The molecular weight excluding hydrogens is 220 g/mol. The Morgan fingerprint density at radius 2 is 2.24 bits per heavy atom. The first kappa shape index (κ1) is 12.5. The molecule has 17 heavy (non-hydrogen) atoms. The molecule has 1 aromatic heterocycles. The van der Waals surface area contributed by atoms with Crippen LogP contribution in [0, 0.1) is 0 Å². The molecule has 5 nitrogen and oxygen atoms in total. The lowest BCUT2D eigenvalue weighted by molar-refractivity contribution is 0.0477. The number of aliphatic hydroxyl groups excluding tert-OH is 1. The summed E-state index contributed by atoms with van der Waals surface area (Å²) >= 11 is 0. The smallest absolute Gasteiger partial charge is 0.230 e. The first-order valence-electron chi connectivity index (χ1n) is 6.37. The summed E-state index contributed by atoms with van der Waals surface area (Å²) in [7, 11) is 0. The Bertz CT molecular complexity index is 341. The number of hydrogen-bond acceptors (Lipinski definition) is 5. The molecule has 2 rings (SSSR count). The van der Waals surface area contributed by atoms with Gasteiger partial charge in [0.1, 0.15) is 6.10 Å². The van der Waals surface area contributed by atoms with Gasteiger partial charge in [0.15, 0.2) is 0 Å². The van der Waals surface area contributed by atoms with Gasteiger partial charge in [0.05, 0.1) is 6.10 Å². The summed E-state index contributed by atoms with van der Waals surface area (Å²) in [4.78, 5) is 4.39. The third-order valence-electron chi connectivity index (χ3n) is 3.13. The van der Waals surface area contributed by atoms with Gasteiger partial charge in [-0.15, -0.1) is 0 Å². The first-order valence-corrected chi connectivity index (χ1v) is 6.37. The van der Waals surface area contributed by atoms with Gasteiger partial charge in [0.2, 0.25) is 11.7 Å². The number of rotatable bonds is 6. The van der Waals surface area contributed by atoms with E-state index in [2.05, 4.69) is 17.1 Å². The average Bonchev–Trinajstić information content (AvgIpc) is 2.73. The maximum atomic E-state index is 9.25. The fourth-order valence-electron chi connectivity index (χ4n) is 2.08. The number of aromatic nitrogens is 2. The fourth-order valence-corrected chi connectivity index (χ4v) is 2.08. The van der Waals surface area contributed by atoms with Gasteiger partial charge in [0.25, 0.3) is 0 Å². The van der Waals surface area contributed by atoms with Crippen molar-refractivity contribution in [2.24, 2.45) is 0 Å². The van der Waals surface area contributed by atoms with Gasteiger partial charge in [0, 0.05) is 12.5 Å². The maximum Gasteiger partial charge on any atom is 0.230 e. The molecule has 1 saturated carbocycles. The summed E-state index contributed by atoms with van der Waals surface area (Å²) < 4.78 is 10.8. The summed E-state index contributed by atoms with van der Waals surface area (Å²) in [6, 6.07) is 0. The molecule has 0 saturated heterocycles. The van der Waals surface area contributed by atoms with E-state index >= 15 is 0 Å². The van der Waals surface area contributed by atoms with Crippen molar-refractivity contribution in [3.63, 3.8) is 0 Å². The van der Waals surface area contributed by atoms with Crippen molar-refractivity contribution >= 4 is 0 Å². The number of nitrogens with zero attached hydrogens (tertiary/aromatic N) is 2. The van der Waals surface area contributed by atoms with E-state index in [0.717, 1.165) is 25.7 Å². The van der Waals surface area contributed by atoms with Crippen LogP contribution in [0.25, 0.3) is 0 Å². The second-order valence-electron chi connectivity index (χ2n) is 4.55. The van der Waals surface area contributed by atoms with E-state index in [9.17, 15) is 5.11 Å². The van der Waals surface area contributed by atoms with Crippen LogP contribution >= 0.6 is 0 Å². The zero-order valence-electron chi connectivity index (χ0n) is 10.4. The van der Waals surface area contributed by atoms with Crippen LogP contribution in [0.4, 0.5) is 0 Å². The Labute approximate surface area is 101 Å². The lowest BCUT2D eigenvalue weighted by atomic mass is 9.82. The van der Waals surface area contributed by atoms with E-state index in [1.807, 2.05) is 6.92 Å². The average molecular weight is 240 g/mol. The van der Waals surface area contributed by atoms with Crippen LogP contribution in [0.1, 0.15) is 63.3 Å². The minimum Gasteiger partial charge on any atom is -0.393 e. The van der Waals surface area contributed by atoms with Crippen LogP contribution in [0.3, 0.4) is 0 Å². The molecule has 1 heterocycles. The van der Waals surface area contributed by atoms with E-state index in [4.69, 9.17) is 9.26 Å². The molecule has 1 N–H and O–H groups in total. The molecule has 0 amide bonds. The highest BCUT2D eigenvalue weighted by Crippen LogP contribution is 2.36. The Hall–Kier alpha value is -0.940. The Morgan fingerprint density at radius 3 is 2.82 bits per heavy atom. The Morgan fingerprint density at radius 1 is 1.47 bits per heavy atom. The molecule has 1 aromatic rings. The third kappa shape index (κ3) is 2.84. The van der Waals surface area contributed by atoms with E-state index in [0.29, 0.717) is 18.3 Å². The predicted octanol–water partition coefficient (Wildman–Crippen LogP) is 2.19. The summed E-state index contributed by atoms with van der Waals surface area (Å²) in [5.74, 6) is 1.52. The number of aliphatic hydroxyl groups is 1. The van der Waals surface area contributed by atoms with E-state index in [1.165, 1.54) is 0 Å². The third-order valence-corrected chi connectivity index (χ3v) is 3.13. The van der Waals surface area contributed by atoms with Crippen LogP contribution in [-0.4, -0.2) is 28.0 Å². The largest absolute Gasteiger partial charge is 0.393 e. The summed E-state index contributed by atoms with van der Waals surface area (Å²) in [6.07, 6.45) is 3.13. The van der Waals surface area contributed by atoms with Crippen LogP contribution < -0.4 is 0 Å². The van der Waals surface area contributed by atoms with E-state index < -0.39 is 0 Å². The van der Waals surface area contributed by atoms with Crippen molar-refractivity contribution in [3.8, 4) is 0 Å². The highest BCUT2D eigenvalue weighted by molar-refractivity contribution is 5.02. The molecule has 5 heteroatoms. The summed E-state index contributed by atoms with van der Waals surface area (Å²) in [5.41, 5.74) is 0.